The lowest BCUT2D eigenvalue weighted by molar-refractivity contribution is 0.0931. The molecule has 0 spiro atoms. The second kappa shape index (κ2) is 14.7. The van der Waals surface area contributed by atoms with Gasteiger partial charge in [0.25, 0.3) is 0 Å². The molecule has 5 nitrogen and oxygen atoms in total. The molecule has 1 rings (SSSR count). The van der Waals surface area contributed by atoms with Gasteiger partial charge in [0.1, 0.15) is 0 Å². The van der Waals surface area contributed by atoms with E-state index in [1.807, 2.05) is 25.1 Å². The molecule has 132 valence electrons. The van der Waals surface area contributed by atoms with Gasteiger partial charge >= 0.3 is 0 Å². The summed E-state index contributed by atoms with van der Waals surface area (Å²) in [7, 11) is 1.77. The van der Waals surface area contributed by atoms with E-state index in [0.717, 1.165) is 32.3 Å². The lowest BCUT2D eigenvalue weighted by atomic mass is 10.2. The van der Waals surface area contributed by atoms with E-state index < -0.39 is 0 Å². The normalized spacial score (nSPS) is 12.4. The third-order valence-electron chi connectivity index (χ3n) is 3.10. The summed E-state index contributed by atoms with van der Waals surface area (Å²) in [6.07, 6.45) is 0. The van der Waals surface area contributed by atoms with Crippen molar-refractivity contribution in [2.75, 3.05) is 40.0 Å². The number of hydrogen-bond acceptors (Lipinski definition) is 3. The Hall–Kier alpha value is -0.860. The van der Waals surface area contributed by atoms with Crippen LogP contribution in [0.4, 0.5) is 0 Å². The first-order chi connectivity index (χ1) is 10.8. The van der Waals surface area contributed by atoms with Crippen LogP contribution in [0.5, 0.6) is 0 Å². The number of halogens is 1. The second-order valence-corrected chi connectivity index (χ2v) is 5.18. The summed E-state index contributed by atoms with van der Waals surface area (Å²) in [4.78, 5) is 4.18. The van der Waals surface area contributed by atoms with Crippen molar-refractivity contribution in [3.8, 4) is 0 Å². The Morgan fingerprint density at radius 1 is 1.17 bits per heavy atom. The second-order valence-electron chi connectivity index (χ2n) is 5.18. The van der Waals surface area contributed by atoms with Crippen LogP contribution in [0.2, 0.25) is 0 Å². The van der Waals surface area contributed by atoms with Gasteiger partial charge in [0, 0.05) is 26.7 Å². The Morgan fingerprint density at radius 3 is 2.57 bits per heavy atom. The molecule has 1 atom stereocenters. The fraction of sp³-hybridized carbons (Fsp3) is 0.588. The van der Waals surface area contributed by atoms with Crippen molar-refractivity contribution in [2.24, 2.45) is 10.9 Å². The number of hydrogen-bond donors (Lipinski definition) is 2. The first kappa shape index (κ1) is 22.1. The summed E-state index contributed by atoms with van der Waals surface area (Å²) in [5.41, 5.74) is 1.20. The van der Waals surface area contributed by atoms with Crippen LogP contribution in [-0.4, -0.2) is 45.9 Å². The molecule has 6 heteroatoms. The van der Waals surface area contributed by atoms with Crippen molar-refractivity contribution in [1.82, 2.24) is 10.6 Å². The van der Waals surface area contributed by atoms with E-state index in [9.17, 15) is 0 Å². The highest BCUT2D eigenvalue weighted by Crippen LogP contribution is 2.02. The van der Waals surface area contributed by atoms with Crippen LogP contribution in [0.1, 0.15) is 19.4 Å². The number of guanidine groups is 1. The molecule has 0 saturated carbocycles. The van der Waals surface area contributed by atoms with Crippen LogP contribution >= 0.6 is 24.0 Å². The Bertz CT molecular complexity index is 416. The highest BCUT2D eigenvalue weighted by molar-refractivity contribution is 14.0. The topological polar surface area (TPSA) is 54.9 Å². The molecule has 2 N–H and O–H groups in total. The zero-order valence-corrected chi connectivity index (χ0v) is 16.7. The molecular weight excluding hydrogens is 405 g/mol. The Kier molecular flexibility index (Phi) is 14.2. The van der Waals surface area contributed by atoms with Crippen molar-refractivity contribution in [3.05, 3.63) is 35.9 Å². The predicted molar refractivity (Wildman–Crippen MR) is 107 cm³/mol. The molecule has 23 heavy (non-hydrogen) atoms. The van der Waals surface area contributed by atoms with Gasteiger partial charge in [-0.15, -0.1) is 24.0 Å². The maximum Gasteiger partial charge on any atom is 0.191 e. The summed E-state index contributed by atoms with van der Waals surface area (Å²) >= 11 is 0. The third kappa shape index (κ3) is 11.3. The number of aliphatic imine (C=N–C) groups is 1. The van der Waals surface area contributed by atoms with Crippen LogP contribution in [0, 0.1) is 5.92 Å². The molecule has 0 aliphatic carbocycles. The summed E-state index contributed by atoms with van der Waals surface area (Å²) < 4.78 is 11.0. The van der Waals surface area contributed by atoms with Gasteiger partial charge in [0.15, 0.2) is 5.96 Å². The maximum absolute atomic E-state index is 5.74. The Morgan fingerprint density at radius 2 is 1.91 bits per heavy atom. The maximum atomic E-state index is 5.74. The van der Waals surface area contributed by atoms with Gasteiger partial charge in [0.05, 0.1) is 19.8 Å². The third-order valence-corrected chi connectivity index (χ3v) is 3.10. The molecule has 1 aromatic rings. The lowest BCUT2D eigenvalue weighted by Gasteiger charge is -2.16. The van der Waals surface area contributed by atoms with Crippen molar-refractivity contribution in [3.63, 3.8) is 0 Å². The minimum atomic E-state index is 0. The highest BCUT2D eigenvalue weighted by atomic mass is 127. The summed E-state index contributed by atoms with van der Waals surface area (Å²) in [6, 6.07) is 10.2. The standard InChI is InChI=1S/C17H29N3O2.HI/c1-4-21-11-10-19-17(18-3)20-12-15(2)13-22-14-16-8-6-5-7-9-16;/h5-9,15H,4,10-14H2,1-3H3,(H2,18,19,20);1H. The minimum Gasteiger partial charge on any atom is -0.380 e. The molecule has 0 amide bonds. The van der Waals surface area contributed by atoms with E-state index in [0.29, 0.717) is 19.1 Å². The molecule has 0 aromatic heterocycles. The summed E-state index contributed by atoms with van der Waals surface area (Å²) in [6.45, 7) is 8.53. The summed E-state index contributed by atoms with van der Waals surface area (Å²) in [5, 5.41) is 6.51. The number of ether oxygens (including phenoxy) is 2. The average Bonchev–Trinajstić information content (AvgIpc) is 2.55. The first-order valence-corrected chi connectivity index (χ1v) is 7.90. The molecule has 0 radical (unpaired) electrons. The van der Waals surface area contributed by atoms with E-state index >= 15 is 0 Å². The van der Waals surface area contributed by atoms with Crippen molar-refractivity contribution < 1.29 is 9.47 Å². The molecule has 0 heterocycles. The molecule has 0 saturated heterocycles. The zero-order valence-electron chi connectivity index (χ0n) is 14.4. The average molecular weight is 435 g/mol. The van der Waals surface area contributed by atoms with Crippen LogP contribution in [-0.2, 0) is 16.1 Å². The number of benzene rings is 1. The van der Waals surface area contributed by atoms with Crippen molar-refractivity contribution in [2.45, 2.75) is 20.5 Å². The predicted octanol–water partition coefficient (Wildman–Crippen LogP) is 2.66. The number of rotatable bonds is 10. The lowest BCUT2D eigenvalue weighted by Crippen LogP contribution is -2.41. The minimum absolute atomic E-state index is 0. The molecular formula is C17H30IN3O2. The molecule has 0 aliphatic rings. The van der Waals surface area contributed by atoms with Gasteiger partial charge in [-0.2, -0.15) is 0 Å². The Balaban J connectivity index is 0.00000484. The first-order valence-electron chi connectivity index (χ1n) is 7.90. The smallest absolute Gasteiger partial charge is 0.191 e. The van der Waals surface area contributed by atoms with Gasteiger partial charge in [-0.25, -0.2) is 0 Å². The van der Waals surface area contributed by atoms with Gasteiger partial charge in [-0.1, -0.05) is 37.3 Å². The molecule has 0 fully saturated rings. The van der Waals surface area contributed by atoms with Gasteiger partial charge < -0.3 is 20.1 Å². The van der Waals surface area contributed by atoms with Gasteiger partial charge in [-0.3, -0.25) is 4.99 Å². The molecule has 1 aromatic carbocycles. The van der Waals surface area contributed by atoms with E-state index in [1.54, 1.807) is 7.05 Å². The van der Waals surface area contributed by atoms with Gasteiger partial charge in [-0.05, 0) is 18.4 Å². The highest BCUT2D eigenvalue weighted by Gasteiger charge is 2.04. The molecule has 0 aliphatic heterocycles. The quantitative estimate of drug-likeness (QED) is 0.257. The Labute approximate surface area is 157 Å². The van der Waals surface area contributed by atoms with Crippen LogP contribution in [0.25, 0.3) is 0 Å². The van der Waals surface area contributed by atoms with Crippen LogP contribution in [0.3, 0.4) is 0 Å². The van der Waals surface area contributed by atoms with Crippen molar-refractivity contribution in [1.29, 1.82) is 0 Å². The van der Waals surface area contributed by atoms with Crippen LogP contribution < -0.4 is 10.6 Å². The molecule has 0 bridgehead atoms. The largest absolute Gasteiger partial charge is 0.380 e. The van der Waals surface area contributed by atoms with E-state index in [4.69, 9.17) is 9.47 Å². The van der Waals surface area contributed by atoms with E-state index in [2.05, 4.69) is 34.7 Å². The fourth-order valence-corrected chi connectivity index (χ4v) is 1.89. The van der Waals surface area contributed by atoms with Gasteiger partial charge in [0.2, 0.25) is 0 Å². The number of nitrogens with one attached hydrogen (secondary N) is 2. The SMILES string of the molecule is CCOCCNC(=NC)NCC(C)COCc1ccccc1.I. The molecule has 1 unspecified atom stereocenters. The zero-order chi connectivity index (χ0) is 16.0. The van der Waals surface area contributed by atoms with E-state index in [-0.39, 0.29) is 24.0 Å². The van der Waals surface area contributed by atoms with Crippen LogP contribution in [0.15, 0.2) is 35.3 Å². The number of nitrogens with zero attached hydrogens (tertiary/aromatic N) is 1. The monoisotopic (exact) mass is 435 g/mol. The van der Waals surface area contributed by atoms with Crippen molar-refractivity contribution >= 4 is 29.9 Å². The van der Waals surface area contributed by atoms with E-state index in [1.165, 1.54) is 5.56 Å². The summed E-state index contributed by atoms with van der Waals surface area (Å²) in [5.74, 6) is 1.21. The fourth-order valence-electron chi connectivity index (χ4n) is 1.89.